The summed E-state index contributed by atoms with van der Waals surface area (Å²) in [5.41, 5.74) is 5.12. The second kappa shape index (κ2) is 6.35. The molecule has 0 spiro atoms. The van der Waals surface area contributed by atoms with Gasteiger partial charge in [-0.3, -0.25) is 4.79 Å². The number of rotatable bonds is 3. The Bertz CT molecular complexity index is 248. The van der Waals surface area contributed by atoms with Gasteiger partial charge in [0, 0.05) is 19.6 Å². The van der Waals surface area contributed by atoms with Gasteiger partial charge in [-0.15, -0.1) is 0 Å². The molecule has 0 radical (unpaired) electrons. The van der Waals surface area contributed by atoms with Crippen LogP contribution in [-0.2, 0) is 4.79 Å². The summed E-state index contributed by atoms with van der Waals surface area (Å²) >= 11 is 0. The lowest BCUT2D eigenvalue weighted by atomic mass is 10.2. The molecule has 0 aromatic rings. The summed E-state index contributed by atoms with van der Waals surface area (Å²) in [4.78, 5) is 26.2. The Balaban J connectivity index is 2.54. The van der Waals surface area contributed by atoms with Gasteiger partial charge in [0.2, 0.25) is 5.91 Å². The van der Waals surface area contributed by atoms with Crippen molar-refractivity contribution in [2.45, 2.75) is 32.6 Å². The van der Waals surface area contributed by atoms with E-state index in [4.69, 9.17) is 5.73 Å². The SMILES string of the molecule is CCN(CC(N)=O)C(=O)N1CCCCCC1. The van der Waals surface area contributed by atoms with Crippen molar-refractivity contribution >= 4 is 11.9 Å². The summed E-state index contributed by atoms with van der Waals surface area (Å²) in [5.74, 6) is -0.454. The van der Waals surface area contributed by atoms with Gasteiger partial charge in [0.25, 0.3) is 0 Å². The van der Waals surface area contributed by atoms with Crippen molar-refractivity contribution in [2.75, 3.05) is 26.2 Å². The summed E-state index contributed by atoms with van der Waals surface area (Å²) in [6, 6.07) is -0.0526. The average molecular weight is 227 g/mol. The van der Waals surface area contributed by atoms with Crippen LogP contribution in [0.2, 0.25) is 0 Å². The van der Waals surface area contributed by atoms with Crippen LogP contribution in [0.5, 0.6) is 0 Å². The van der Waals surface area contributed by atoms with Crippen LogP contribution >= 0.6 is 0 Å². The van der Waals surface area contributed by atoms with Gasteiger partial charge in [-0.2, -0.15) is 0 Å². The van der Waals surface area contributed by atoms with E-state index in [9.17, 15) is 9.59 Å². The van der Waals surface area contributed by atoms with E-state index in [-0.39, 0.29) is 12.6 Å². The highest BCUT2D eigenvalue weighted by Gasteiger charge is 2.21. The average Bonchev–Trinajstić information content (AvgIpc) is 2.53. The third-order valence-corrected chi connectivity index (χ3v) is 2.88. The number of likely N-dealkylation sites (tertiary alicyclic amines) is 1. The number of amides is 3. The van der Waals surface area contributed by atoms with Crippen LogP contribution < -0.4 is 5.73 Å². The van der Waals surface area contributed by atoms with Crippen molar-refractivity contribution in [3.8, 4) is 0 Å². The second-order valence-electron chi connectivity index (χ2n) is 4.16. The van der Waals surface area contributed by atoms with Crippen LogP contribution in [0.25, 0.3) is 0 Å². The van der Waals surface area contributed by atoms with E-state index in [0.29, 0.717) is 6.54 Å². The second-order valence-corrected chi connectivity index (χ2v) is 4.16. The minimum atomic E-state index is -0.454. The molecule has 0 aromatic carbocycles. The van der Waals surface area contributed by atoms with E-state index in [1.807, 2.05) is 11.8 Å². The molecule has 92 valence electrons. The number of carbonyl (C=O) groups is 2. The highest BCUT2D eigenvalue weighted by atomic mass is 16.2. The smallest absolute Gasteiger partial charge is 0.320 e. The Morgan fingerprint density at radius 3 is 2.19 bits per heavy atom. The molecular weight excluding hydrogens is 206 g/mol. The molecule has 1 saturated heterocycles. The van der Waals surface area contributed by atoms with Crippen molar-refractivity contribution in [3.63, 3.8) is 0 Å². The lowest BCUT2D eigenvalue weighted by molar-refractivity contribution is -0.118. The van der Waals surface area contributed by atoms with Gasteiger partial charge in [0.1, 0.15) is 6.54 Å². The molecule has 1 heterocycles. The van der Waals surface area contributed by atoms with Crippen LogP contribution in [0.4, 0.5) is 4.79 Å². The van der Waals surface area contributed by atoms with E-state index < -0.39 is 5.91 Å². The first kappa shape index (κ1) is 12.8. The van der Waals surface area contributed by atoms with E-state index in [2.05, 4.69) is 0 Å². The molecule has 1 aliphatic heterocycles. The third-order valence-electron chi connectivity index (χ3n) is 2.88. The Morgan fingerprint density at radius 2 is 1.75 bits per heavy atom. The maximum atomic E-state index is 12.1. The van der Waals surface area contributed by atoms with Crippen molar-refractivity contribution in [2.24, 2.45) is 5.73 Å². The summed E-state index contributed by atoms with van der Waals surface area (Å²) in [6.45, 7) is 4.00. The molecule has 0 aromatic heterocycles. The van der Waals surface area contributed by atoms with Gasteiger partial charge in [0.15, 0.2) is 0 Å². The Labute approximate surface area is 96.6 Å². The Morgan fingerprint density at radius 1 is 1.19 bits per heavy atom. The fourth-order valence-electron chi connectivity index (χ4n) is 1.96. The van der Waals surface area contributed by atoms with Gasteiger partial charge >= 0.3 is 6.03 Å². The number of nitrogens with zero attached hydrogens (tertiary/aromatic N) is 2. The van der Waals surface area contributed by atoms with Crippen LogP contribution in [0.1, 0.15) is 32.6 Å². The normalized spacial score (nSPS) is 16.7. The molecule has 1 aliphatic rings. The number of likely N-dealkylation sites (N-methyl/N-ethyl adjacent to an activating group) is 1. The topological polar surface area (TPSA) is 66.6 Å². The van der Waals surface area contributed by atoms with Crippen molar-refractivity contribution < 1.29 is 9.59 Å². The molecular formula is C11H21N3O2. The molecule has 16 heavy (non-hydrogen) atoms. The van der Waals surface area contributed by atoms with Crippen LogP contribution in [0.15, 0.2) is 0 Å². The maximum absolute atomic E-state index is 12.1. The van der Waals surface area contributed by atoms with Gasteiger partial charge < -0.3 is 15.5 Å². The standard InChI is InChI=1S/C11H21N3O2/c1-2-13(9-10(12)15)11(16)14-7-5-3-4-6-8-14/h2-9H2,1H3,(H2,12,15). The zero-order valence-corrected chi connectivity index (χ0v) is 9.95. The number of hydrogen-bond donors (Lipinski definition) is 1. The van der Waals surface area contributed by atoms with Crippen molar-refractivity contribution in [1.29, 1.82) is 0 Å². The molecule has 0 unspecified atom stereocenters. The van der Waals surface area contributed by atoms with E-state index >= 15 is 0 Å². The quantitative estimate of drug-likeness (QED) is 0.774. The zero-order valence-electron chi connectivity index (χ0n) is 9.95. The molecule has 0 aliphatic carbocycles. The van der Waals surface area contributed by atoms with Crippen LogP contribution in [0.3, 0.4) is 0 Å². The van der Waals surface area contributed by atoms with Gasteiger partial charge in [0.05, 0.1) is 0 Å². The molecule has 2 N–H and O–H groups in total. The van der Waals surface area contributed by atoms with E-state index in [0.717, 1.165) is 25.9 Å². The minimum absolute atomic E-state index is 0.0197. The number of nitrogens with two attached hydrogens (primary N) is 1. The number of urea groups is 1. The first-order valence-electron chi connectivity index (χ1n) is 5.97. The lowest BCUT2D eigenvalue weighted by Crippen LogP contribution is -2.46. The largest absolute Gasteiger partial charge is 0.368 e. The van der Waals surface area contributed by atoms with Crippen LogP contribution in [-0.4, -0.2) is 47.9 Å². The lowest BCUT2D eigenvalue weighted by Gasteiger charge is -2.28. The van der Waals surface area contributed by atoms with E-state index in [1.165, 1.54) is 17.7 Å². The first-order valence-corrected chi connectivity index (χ1v) is 5.97. The molecule has 5 nitrogen and oxygen atoms in total. The monoisotopic (exact) mass is 227 g/mol. The van der Waals surface area contributed by atoms with Crippen LogP contribution in [0, 0.1) is 0 Å². The Hall–Kier alpha value is -1.26. The van der Waals surface area contributed by atoms with E-state index in [1.54, 1.807) is 0 Å². The fourth-order valence-corrected chi connectivity index (χ4v) is 1.96. The predicted molar refractivity (Wildman–Crippen MR) is 61.9 cm³/mol. The maximum Gasteiger partial charge on any atom is 0.320 e. The number of hydrogen-bond acceptors (Lipinski definition) is 2. The van der Waals surface area contributed by atoms with Gasteiger partial charge in [-0.05, 0) is 19.8 Å². The first-order chi connectivity index (χ1) is 7.65. The molecule has 3 amide bonds. The minimum Gasteiger partial charge on any atom is -0.368 e. The molecule has 0 saturated carbocycles. The molecule has 1 rings (SSSR count). The Kier molecular flexibility index (Phi) is 5.08. The summed E-state index contributed by atoms with van der Waals surface area (Å²) in [5, 5.41) is 0. The molecule has 5 heteroatoms. The van der Waals surface area contributed by atoms with Gasteiger partial charge in [-0.1, -0.05) is 12.8 Å². The molecule has 0 atom stereocenters. The highest BCUT2D eigenvalue weighted by Crippen LogP contribution is 2.11. The molecule has 1 fully saturated rings. The van der Waals surface area contributed by atoms with Crippen molar-refractivity contribution in [3.05, 3.63) is 0 Å². The summed E-state index contributed by atoms with van der Waals surface area (Å²) < 4.78 is 0. The van der Waals surface area contributed by atoms with Gasteiger partial charge in [-0.25, -0.2) is 4.79 Å². The number of primary amides is 1. The fraction of sp³-hybridized carbons (Fsp3) is 0.818. The summed E-state index contributed by atoms with van der Waals surface area (Å²) in [7, 11) is 0. The third kappa shape index (κ3) is 3.72. The number of carbonyl (C=O) groups excluding carboxylic acids is 2. The highest BCUT2D eigenvalue weighted by molar-refractivity contribution is 5.83. The predicted octanol–water partition coefficient (Wildman–Crippen LogP) is 0.790. The van der Waals surface area contributed by atoms with Crippen molar-refractivity contribution in [1.82, 2.24) is 9.80 Å². The zero-order chi connectivity index (χ0) is 12.0. The molecule has 0 bridgehead atoms. The summed E-state index contributed by atoms with van der Waals surface area (Å²) in [6.07, 6.45) is 4.48.